The van der Waals surface area contributed by atoms with Gasteiger partial charge in [-0.1, -0.05) is 6.07 Å². The first-order chi connectivity index (χ1) is 8.90. The van der Waals surface area contributed by atoms with Gasteiger partial charge >= 0.3 is 0 Å². The smallest absolute Gasteiger partial charge is 0.264 e. The van der Waals surface area contributed by atoms with Crippen LogP contribution in [-0.4, -0.2) is 13.4 Å². The second-order valence-electron chi connectivity index (χ2n) is 4.01. The molecule has 0 saturated carbocycles. The lowest BCUT2D eigenvalue weighted by molar-refractivity contribution is 0.597. The van der Waals surface area contributed by atoms with Crippen LogP contribution in [0.2, 0.25) is 0 Å². The van der Waals surface area contributed by atoms with Crippen LogP contribution in [0.4, 0.5) is 15.8 Å². The minimum Gasteiger partial charge on any atom is -0.395 e. The molecule has 0 unspecified atom stereocenters. The zero-order valence-corrected chi connectivity index (χ0v) is 10.9. The number of benzene rings is 1. The number of para-hydroxylation sites is 1. The number of halogens is 1. The van der Waals surface area contributed by atoms with Crippen LogP contribution in [0.15, 0.2) is 41.6 Å². The van der Waals surface area contributed by atoms with Gasteiger partial charge in [0.1, 0.15) is 10.7 Å². The van der Waals surface area contributed by atoms with Gasteiger partial charge in [0.15, 0.2) is 0 Å². The molecule has 100 valence electrons. The highest BCUT2D eigenvalue weighted by Gasteiger charge is 2.19. The summed E-state index contributed by atoms with van der Waals surface area (Å²) in [6, 6.07) is 5.24. The third kappa shape index (κ3) is 2.82. The van der Waals surface area contributed by atoms with Gasteiger partial charge in [0.25, 0.3) is 10.0 Å². The quantitative estimate of drug-likeness (QED) is 0.842. The lowest BCUT2D eigenvalue weighted by Gasteiger charge is -2.10. The molecule has 1 aromatic heterocycles. The first-order valence-corrected chi connectivity index (χ1v) is 6.87. The van der Waals surface area contributed by atoms with Gasteiger partial charge in [0.2, 0.25) is 0 Å². The molecule has 0 atom stereocenters. The van der Waals surface area contributed by atoms with Crippen molar-refractivity contribution in [1.29, 1.82) is 0 Å². The summed E-state index contributed by atoms with van der Waals surface area (Å²) in [6.07, 6.45) is 2.95. The summed E-state index contributed by atoms with van der Waals surface area (Å²) in [6.45, 7) is 1.78. The SMILES string of the molecule is Cc1cncc(NS(=O)(=O)c2cccc(F)c2N)c1. The average molecular weight is 281 g/mol. The van der Waals surface area contributed by atoms with Gasteiger partial charge in [-0.2, -0.15) is 0 Å². The van der Waals surface area contributed by atoms with E-state index in [-0.39, 0.29) is 4.90 Å². The first kappa shape index (κ1) is 13.3. The van der Waals surface area contributed by atoms with Gasteiger partial charge in [0, 0.05) is 6.20 Å². The van der Waals surface area contributed by atoms with E-state index >= 15 is 0 Å². The molecule has 3 N–H and O–H groups in total. The molecule has 0 bridgehead atoms. The van der Waals surface area contributed by atoms with E-state index in [1.807, 2.05) is 0 Å². The Morgan fingerprint density at radius 1 is 1.32 bits per heavy atom. The third-order valence-electron chi connectivity index (χ3n) is 2.43. The molecule has 19 heavy (non-hydrogen) atoms. The number of pyridine rings is 1. The number of anilines is 2. The minimum atomic E-state index is -3.94. The summed E-state index contributed by atoms with van der Waals surface area (Å²) < 4.78 is 39.8. The van der Waals surface area contributed by atoms with Crippen molar-refractivity contribution in [3.63, 3.8) is 0 Å². The number of nitrogens with one attached hydrogen (secondary N) is 1. The Morgan fingerprint density at radius 3 is 2.74 bits per heavy atom. The molecule has 1 heterocycles. The Hall–Kier alpha value is -2.15. The molecule has 0 aliphatic rings. The molecular formula is C12H12FN3O2S. The van der Waals surface area contributed by atoms with E-state index in [9.17, 15) is 12.8 Å². The maximum atomic E-state index is 13.3. The molecule has 7 heteroatoms. The maximum absolute atomic E-state index is 13.3. The third-order valence-corrected chi connectivity index (χ3v) is 3.87. The van der Waals surface area contributed by atoms with Crippen molar-refractivity contribution in [2.24, 2.45) is 0 Å². The Balaban J connectivity index is 2.41. The van der Waals surface area contributed by atoms with E-state index in [4.69, 9.17) is 5.73 Å². The molecule has 2 aromatic rings. The fourth-order valence-corrected chi connectivity index (χ4v) is 2.75. The van der Waals surface area contributed by atoms with Crippen LogP contribution < -0.4 is 10.5 Å². The number of nitrogens with two attached hydrogens (primary N) is 1. The Kier molecular flexibility index (Phi) is 3.39. The molecule has 2 rings (SSSR count). The molecule has 1 aromatic carbocycles. The van der Waals surface area contributed by atoms with Gasteiger partial charge in [-0.05, 0) is 30.7 Å². The standard InChI is InChI=1S/C12H12FN3O2S/c1-8-5-9(7-15-6-8)16-19(17,18)11-4-2-3-10(13)12(11)14/h2-7,16H,14H2,1H3. The lowest BCUT2D eigenvalue weighted by atomic mass is 10.3. The van der Waals surface area contributed by atoms with Crippen molar-refractivity contribution in [3.8, 4) is 0 Å². The van der Waals surface area contributed by atoms with E-state index in [1.54, 1.807) is 19.2 Å². The molecular weight excluding hydrogens is 269 g/mol. The molecule has 0 aliphatic heterocycles. The van der Waals surface area contributed by atoms with Crippen LogP contribution in [0.5, 0.6) is 0 Å². The number of aryl methyl sites for hydroxylation is 1. The van der Waals surface area contributed by atoms with Crippen molar-refractivity contribution >= 4 is 21.4 Å². The zero-order chi connectivity index (χ0) is 14.0. The van der Waals surface area contributed by atoms with Crippen LogP contribution in [0.25, 0.3) is 0 Å². The van der Waals surface area contributed by atoms with E-state index in [0.717, 1.165) is 11.6 Å². The number of aromatic nitrogens is 1. The first-order valence-electron chi connectivity index (χ1n) is 5.38. The number of nitrogen functional groups attached to an aromatic ring is 1. The summed E-state index contributed by atoms with van der Waals surface area (Å²) in [5.74, 6) is -0.773. The van der Waals surface area contributed by atoms with Crippen molar-refractivity contribution < 1.29 is 12.8 Å². The summed E-state index contributed by atoms with van der Waals surface area (Å²) in [7, 11) is -3.94. The van der Waals surface area contributed by atoms with E-state index in [0.29, 0.717) is 5.69 Å². The second kappa shape index (κ2) is 4.85. The number of rotatable bonds is 3. The summed E-state index contributed by atoms with van der Waals surface area (Å²) in [5.41, 5.74) is 6.13. The topological polar surface area (TPSA) is 85.1 Å². The Morgan fingerprint density at radius 2 is 2.05 bits per heavy atom. The molecule has 0 fully saturated rings. The molecule has 5 nitrogen and oxygen atoms in total. The lowest BCUT2D eigenvalue weighted by Crippen LogP contribution is -2.15. The van der Waals surface area contributed by atoms with Crippen molar-refractivity contribution in [2.75, 3.05) is 10.5 Å². The predicted octanol–water partition coefficient (Wildman–Crippen LogP) is 1.91. The number of sulfonamides is 1. The largest absolute Gasteiger partial charge is 0.395 e. The van der Waals surface area contributed by atoms with Gasteiger partial charge in [-0.25, -0.2) is 12.8 Å². The zero-order valence-electron chi connectivity index (χ0n) is 10.1. The highest BCUT2D eigenvalue weighted by atomic mass is 32.2. The van der Waals surface area contributed by atoms with Gasteiger partial charge in [-0.15, -0.1) is 0 Å². The summed E-state index contributed by atoms with van der Waals surface area (Å²) in [5, 5.41) is 0. The highest BCUT2D eigenvalue weighted by Crippen LogP contribution is 2.23. The molecule has 0 spiro atoms. The van der Waals surface area contributed by atoms with Crippen LogP contribution in [0.3, 0.4) is 0 Å². The van der Waals surface area contributed by atoms with Gasteiger partial charge < -0.3 is 5.73 Å². The van der Waals surface area contributed by atoms with E-state index in [2.05, 4.69) is 9.71 Å². The second-order valence-corrected chi connectivity index (χ2v) is 5.66. The molecule has 0 radical (unpaired) electrons. The van der Waals surface area contributed by atoms with Crippen molar-refractivity contribution in [2.45, 2.75) is 11.8 Å². The number of hydrogen-bond donors (Lipinski definition) is 2. The monoisotopic (exact) mass is 281 g/mol. The van der Waals surface area contributed by atoms with Crippen LogP contribution in [0.1, 0.15) is 5.56 Å². The number of hydrogen-bond acceptors (Lipinski definition) is 4. The van der Waals surface area contributed by atoms with E-state index < -0.39 is 21.5 Å². The predicted molar refractivity (Wildman–Crippen MR) is 70.6 cm³/mol. The molecule has 0 saturated heterocycles. The van der Waals surface area contributed by atoms with Crippen molar-refractivity contribution in [1.82, 2.24) is 4.98 Å². The van der Waals surface area contributed by atoms with E-state index in [1.165, 1.54) is 18.3 Å². The van der Waals surface area contributed by atoms with Gasteiger partial charge in [0.05, 0.1) is 17.6 Å². The van der Waals surface area contributed by atoms with Crippen LogP contribution in [0, 0.1) is 12.7 Å². The number of nitrogens with zero attached hydrogens (tertiary/aromatic N) is 1. The summed E-state index contributed by atoms with van der Waals surface area (Å²) >= 11 is 0. The minimum absolute atomic E-state index is 0.295. The Bertz CT molecular complexity index is 717. The Labute approximate surface area is 110 Å². The molecule has 0 amide bonds. The van der Waals surface area contributed by atoms with Crippen LogP contribution in [-0.2, 0) is 10.0 Å². The van der Waals surface area contributed by atoms with Gasteiger partial charge in [-0.3, -0.25) is 9.71 Å². The molecule has 0 aliphatic carbocycles. The fraction of sp³-hybridized carbons (Fsp3) is 0.0833. The van der Waals surface area contributed by atoms with Crippen molar-refractivity contribution in [3.05, 3.63) is 48.0 Å². The average Bonchev–Trinajstić information content (AvgIpc) is 2.32. The fourth-order valence-electron chi connectivity index (χ4n) is 1.57. The highest BCUT2D eigenvalue weighted by molar-refractivity contribution is 7.92. The van der Waals surface area contributed by atoms with Crippen LogP contribution >= 0.6 is 0 Å². The maximum Gasteiger partial charge on any atom is 0.264 e. The summed E-state index contributed by atoms with van der Waals surface area (Å²) in [4.78, 5) is 3.57. The normalized spacial score (nSPS) is 11.3.